The molecule has 0 saturated heterocycles. The Balaban J connectivity index is 1.71. The normalized spacial score (nSPS) is 10.9. The summed E-state index contributed by atoms with van der Waals surface area (Å²) in [4.78, 5) is 0.336. The van der Waals surface area contributed by atoms with Gasteiger partial charge in [0.2, 0.25) is 0 Å². The highest BCUT2D eigenvalue weighted by molar-refractivity contribution is 7.80. The molecule has 0 amide bonds. The molecule has 3 rings (SSSR count). The summed E-state index contributed by atoms with van der Waals surface area (Å²) in [6, 6.07) is 20.0. The minimum Gasteiger partial charge on any atom is -0.490 e. The van der Waals surface area contributed by atoms with Crippen LogP contribution in [0, 0.1) is 0 Å². The zero-order valence-electron chi connectivity index (χ0n) is 15.1. The lowest BCUT2D eigenvalue weighted by Crippen LogP contribution is -2.15. The summed E-state index contributed by atoms with van der Waals surface area (Å²) in [5.74, 6) is 2.00. The van der Waals surface area contributed by atoms with Crippen LogP contribution in [-0.4, -0.2) is 18.2 Å². The molecule has 0 unspecified atom stereocenters. The first kappa shape index (κ1) is 18.2. The fourth-order valence-electron chi connectivity index (χ4n) is 3.02. The first-order valence-corrected chi connectivity index (χ1v) is 9.15. The molecule has 0 aliphatic rings. The molecule has 4 heteroatoms. The Morgan fingerprint density at radius 3 is 2.27 bits per heavy atom. The maximum atomic E-state index is 5.95. The summed E-state index contributed by atoms with van der Waals surface area (Å²) in [6.07, 6.45) is 0. The van der Waals surface area contributed by atoms with Crippen LogP contribution in [0.4, 0.5) is 0 Å². The molecule has 0 aliphatic carbocycles. The molecule has 0 saturated carbocycles. The summed E-state index contributed by atoms with van der Waals surface area (Å²) < 4.78 is 11.9. The van der Waals surface area contributed by atoms with E-state index in [0.717, 1.165) is 22.1 Å². The van der Waals surface area contributed by atoms with E-state index in [4.69, 9.17) is 27.4 Å². The van der Waals surface area contributed by atoms with Crippen LogP contribution >= 0.6 is 12.2 Å². The van der Waals surface area contributed by atoms with Gasteiger partial charge < -0.3 is 15.2 Å². The van der Waals surface area contributed by atoms with Crippen molar-refractivity contribution in [3.63, 3.8) is 0 Å². The molecule has 2 N–H and O–H groups in total. The molecule has 134 valence electrons. The van der Waals surface area contributed by atoms with Crippen molar-refractivity contribution in [3.05, 3.63) is 71.8 Å². The zero-order valence-corrected chi connectivity index (χ0v) is 15.9. The number of benzene rings is 3. The highest BCUT2D eigenvalue weighted by Crippen LogP contribution is 2.29. The molecule has 0 radical (unpaired) electrons. The van der Waals surface area contributed by atoms with Crippen LogP contribution < -0.4 is 15.2 Å². The summed E-state index contributed by atoms with van der Waals surface area (Å²) in [5, 5.41) is 2.09. The Kier molecular flexibility index (Phi) is 5.74. The van der Waals surface area contributed by atoms with Gasteiger partial charge in [-0.15, -0.1) is 0 Å². The van der Waals surface area contributed by atoms with Crippen molar-refractivity contribution in [1.82, 2.24) is 0 Å². The number of ether oxygens (including phenoxy) is 2. The lowest BCUT2D eigenvalue weighted by molar-refractivity contribution is 0.215. The average molecular weight is 365 g/mol. The van der Waals surface area contributed by atoms with E-state index in [-0.39, 0.29) is 0 Å². The van der Waals surface area contributed by atoms with Crippen molar-refractivity contribution in [2.24, 2.45) is 5.73 Å². The summed E-state index contributed by atoms with van der Waals surface area (Å²) in [5.41, 5.74) is 7.92. The van der Waals surface area contributed by atoms with Gasteiger partial charge in [0.05, 0.1) is 5.56 Å². The maximum Gasteiger partial charge on any atom is 0.130 e. The molecular weight excluding hydrogens is 342 g/mol. The summed E-state index contributed by atoms with van der Waals surface area (Å²) >= 11 is 5.24. The molecule has 0 bridgehead atoms. The van der Waals surface area contributed by atoms with E-state index in [1.807, 2.05) is 54.6 Å². The number of thiocarbonyl (C=S) groups is 1. The van der Waals surface area contributed by atoms with Gasteiger partial charge in [0.1, 0.15) is 29.7 Å². The van der Waals surface area contributed by atoms with Crippen LogP contribution in [0.25, 0.3) is 10.8 Å². The maximum absolute atomic E-state index is 5.95. The highest BCUT2D eigenvalue weighted by Gasteiger charge is 2.12. The summed E-state index contributed by atoms with van der Waals surface area (Å²) in [7, 11) is 0. The van der Waals surface area contributed by atoms with Crippen LogP contribution in [0.5, 0.6) is 11.5 Å². The predicted octanol–water partition coefficient (Wildman–Crippen LogP) is 5.06. The largest absolute Gasteiger partial charge is 0.490 e. The van der Waals surface area contributed by atoms with Crippen LogP contribution in [0.1, 0.15) is 30.9 Å². The molecule has 3 nitrogen and oxygen atoms in total. The monoisotopic (exact) mass is 365 g/mol. The second-order valence-electron chi connectivity index (χ2n) is 6.41. The van der Waals surface area contributed by atoms with Crippen molar-refractivity contribution >= 4 is 28.0 Å². The molecule has 0 aromatic heterocycles. The van der Waals surface area contributed by atoms with Gasteiger partial charge in [-0.25, -0.2) is 0 Å². The van der Waals surface area contributed by atoms with Crippen molar-refractivity contribution in [2.75, 3.05) is 13.2 Å². The minimum absolute atomic E-state index is 0.336. The first-order chi connectivity index (χ1) is 12.6. The number of fused-ring (bicyclic) bond motifs is 1. The van der Waals surface area contributed by atoms with Crippen LogP contribution in [0.2, 0.25) is 0 Å². The van der Waals surface area contributed by atoms with Gasteiger partial charge >= 0.3 is 0 Å². The third-order valence-electron chi connectivity index (χ3n) is 4.28. The summed E-state index contributed by atoms with van der Waals surface area (Å²) in [6.45, 7) is 5.18. The smallest absolute Gasteiger partial charge is 0.130 e. The van der Waals surface area contributed by atoms with E-state index in [1.54, 1.807) is 0 Å². The van der Waals surface area contributed by atoms with Crippen molar-refractivity contribution in [2.45, 2.75) is 19.8 Å². The fourth-order valence-corrected chi connectivity index (χ4v) is 3.23. The third kappa shape index (κ3) is 3.97. The van der Waals surface area contributed by atoms with E-state index in [9.17, 15) is 0 Å². The van der Waals surface area contributed by atoms with Gasteiger partial charge in [-0.3, -0.25) is 0 Å². The molecule has 0 spiro atoms. The van der Waals surface area contributed by atoms with Gasteiger partial charge in [-0.2, -0.15) is 0 Å². The number of rotatable bonds is 7. The van der Waals surface area contributed by atoms with Gasteiger partial charge in [-0.1, -0.05) is 74.6 Å². The Morgan fingerprint density at radius 2 is 1.54 bits per heavy atom. The quantitative estimate of drug-likeness (QED) is 0.470. The molecule has 0 fully saturated rings. The second-order valence-corrected chi connectivity index (χ2v) is 6.85. The van der Waals surface area contributed by atoms with E-state index in [0.29, 0.717) is 29.9 Å². The Morgan fingerprint density at radius 1 is 0.885 bits per heavy atom. The molecule has 26 heavy (non-hydrogen) atoms. The van der Waals surface area contributed by atoms with Crippen LogP contribution in [0.3, 0.4) is 0 Å². The lowest BCUT2D eigenvalue weighted by Gasteiger charge is -2.16. The standard InChI is InChI=1S/C22H23NO2S/c1-15(2)17-8-5-6-10-19(17)24-13-14-25-20-12-11-16-7-3-4-9-18(16)21(20)22(23)26/h3-12,15H,13-14H2,1-2H3,(H2,23,26). The molecular formula is C22H23NO2S. The van der Waals surface area contributed by atoms with E-state index in [2.05, 4.69) is 19.9 Å². The van der Waals surface area contributed by atoms with Crippen LogP contribution in [0.15, 0.2) is 60.7 Å². The molecule has 0 aliphatic heterocycles. The lowest BCUT2D eigenvalue weighted by atomic mass is 10.0. The zero-order chi connectivity index (χ0) is 18.5. The second kappa shape index (κ2) is 8.19. The fraction of sp³-hybridized carbons (Fsp3) is 0.227. The van der Waals surface area contributed by atoms with Crippen molar-refractivity contribution in [3.8, 4) is 11.5 Å². The van der Waals surface area contributed by atoms with E-state index >= 15 is 0 Å². The SMILES string of the molecule is CC(C)c1ccccc1OCCOc1ccc2ccccc2c1C(N)=S. The number of hydrogen-bond acceptors (Lipinski definition) is 3. The van der Waals surface area contributed by atoms with Gasteiger partial charge in [0.25, 0.3) is 0 Å². The number of nitrogens with two attached hydrogens (primary N) is 1. The topological polar surface area (TPSA) is 44.5 Å². The van der Waals surface area contributed by atoms with Crippen molar-refractivity contribution in [1.29, 1.82) is 0 Å². The van der Waals surface area contributed by atoms with Gasteiger partial charge in [0, 0.05) is 0 Å². The predicted molar refractivity (Wildman–Crippen MR) is 111 cm³/mol. The van der Waals surface area contributed by atoms with Gasteiger partial charge in [0.15, 0.2) is 0 Å². The minimum atomic E-state index is 0.336. The molecule has 3 aromatic carbocycles. The first-order valence-electron chi connectivity index (χ1n) is 8.74. The molecule has 0 atom stereocenters. The number of hydrogen-bond donors (Lipinski definition) is 1. The third-order valence-corrected chi connectivity index (χ3v) is 4.48. The molecule has 0 heterocycles. The van der Waals surface area contributed by atoms with E-state index in [1.165, 1.54) is 5.56 Å². The molecule has 3 aromatic rings. The average Bonchev–Trinajstić information content (AvgIpc) is 2.64. The van der Waals surface area contributed by atoms with E-state index < -0.39 is 0 Å². The van der Waals surface area contributed by atoms with Crippen molar-refractivity contribution < 1.29 is 9.47 Å². The number of para-hydroxylation sites is 1. The van der Waals surface area contributed by atoms with Crippen LogP contribution in [-0.2, 0) is 0 Å². The highest BCUT2D eigenvalue weighted by atomic mass is 32.1. The Bertz CT molecular complexity index is 921. The Labute approximate surface area is 159 Å². The Hall–Kier alpha value is -2.59. The van der Waals surface area contributed by atoms with Gasteiger partial charge in [-0.05, 0) is 34.4 Å².